The lowest BCUT2D eigenvalue weighted by Gasteiger charge is -2.34. The molecule has 2 aromatic carbocycles. The molecule has 1 saturated heterocycles. The van der Waals surface area contributed by atoms with Crippen LogP contribution in [-0.2, 0) is 27.3 Å². The number of amides is 1. The molecule has 1 aliphatic rings. The fraction of sp³-hybridized carbons (Fsp3) is 0.423. The van der Waals surface area contributed by atoms with Crippen molar-refractivity contribution in [1.82, 2.24) is 9.80 Å². The number of aliphatic carboxylic acids is 2. The smallest absolute Gasteiger partial charge is 0.414 e. The van der Waals surface area contributed by atoms with Gasteiger partial charge in [-0.1, -0.05) is 60.7 Å². The van der Waals surface area contributed by atoms with Crippen molar-refractivity contribution < 1.29 is 29.7 Å². The summed E-state index contributed by atoms with van der Waals surface area (Å²) in [7, 11) is 0. The van der Waals surface area contributed by atoms with E-state index in [1.807, 2.05) is 35.2 Å². The van der Waals surface area contributed by atoms with Crippen LogP contribution in [0, 0.1) is 5.92 Å². The highest BCUT2D eigenvalue weighted by atomic mass is 16.4. The monoisotopic (exact) mass is 470 g/mol. The lowest BCUT2D eigenvalue weighted by atomic mass is 9.94. The van der Waals surface area contributed by atoms with Gasteiger partial charge in [0, 0.05) is 19.0 Å². The molecule has 34 heavy (non-hydrogen) atoms. The Labute approximate surface area is 200 Å². The predicted molar refractivity (Wildman–Crippen MR) is 128 cm³/mol. The Bertz CT molecular complexity index is 871. The van der Waals surface area contributed by atoms with Crippen molar-refractivity contribution in [3.63, 3.8) is 0 Å². The summed E-state index contributed by atoms with van der Waals surface area (Å²) in [6, 6.07) is 20.7. The molecule has 2 aromatic rings. The molecule has 0 unspecified atom stereocenters. The Morgan fingerprint density at radius 3 is 1.88 bits per heavy atom. The van der Waals surface area contributed by atoms with Crippen LogP contribution in [0.1, 0.15) is 30.4 Å². The lowest BCUT2D eigenvalue weighted by molar-refractivity contribution is -0.159. The standard InChI is InChI=1S/C24H32N2O2.C2H2O4/c27-19-18-26(20-22-10-5-2-6-11-22)24(28)23-13-16-25(17-14-23)15-7-12-21-8-3-1-4-9-21;3-1(4)2(5)6/h1-6,8-11,23,27H,7,12-20H2;(H,3,4)(H,5,6). The molecule has 0 aromatic heterocycles. The molecule has 0 atom stereocenters. The van der Waals surface area contributed by atoms with Gasteiger partial charge in [-0.25, -0.2) is 9.59 Å². The minimum atomic E-state index is -1.82. The average Bonchev–Trinajstić information content (AvgIpc) is 2.85. The molecule has 1 heterocycles. The van der Waals surface area contributed by atoms with Gasteiger partial charge < -0.3 is 25.1 Å². The molecule has 1 amide bonds. The normalized spacial score (nSPS) is 14.0. The second-order valence-corrected chi connectivity index (χ2v) is 8.28. The van der Waals surface area contributed by atoms with Crippen LogP contribution in [0.15, 0.2) is 60.7 Å². The van der Waals surface area contributed by atoms with Crippen molar-refractivity contribution in [2.24, 2.45) is 5.92 Å². The Morgan fingerprint density at radius 1 is 0.853 bits per heavy atom. The number of carbonyl (C=O) groups is 3. The van der Waals surface area contributed by atoms with Crippen molar-refractivity contribution in [2.45, 2.75) is 32.2 Å². The molecule has 1 fully saturated rings. The van der Waals surface area contributed by atoms with Gasteiger partial charge in [0.2, 0.25) is 5.91 Å². The summed E-state index contributed by atoms with van der Waals surface area (Å²) < 4.78 is 0. The van der Waals surface area contributed by atoms with E-state index in [4.69, 9.17) is 19.8 Å². The van der Waals surface area contributed by atoms with Crippen molar-refractivity contribution in [3.05, 3.63) is 71.8 Å². The molecule has 8 heteroatoms. The zero-order chi connectivity index (χ0) is 24.8. The number of aryl methyl sites for hydroxylation is 1. The van der Waals surface area contributed by atoms with Crippen molar-refractivity contribution in [2.75, 3.05) is 32.8 Å². The summed E-state index contributed by atoms with van der Waals surface area (Å²) in [4.78, 5) is 35.5. The quantitative estimate of drug-likeness (QED) is 0.482. The first-order valence-electron chi connectivity index (χ1n) is 11.6. The minimum Gasteiger partial charge on any atom is -0.473 e. The molecule has 0 spiro atoms. The van der Waals surface area contributed by atoms with E-state index in [1.165, 1.54) is 5.56 Å². The molecular weight excluding hydrogens is 436 g/mol. The van der Waals surface area contributed by atoms with E-state index in [2.05, 4.69) is 35.2 Å². The first-order valence-corrected chi connectivity index (χ1v) is 11.6. The van der Waals surface area contributed by atoms with Crippen molar-refractivity contribution in [1.29, 1.82) is 0 Å². The van der Waals surface area contributed by atoms with Gasteiger partial charge in [-0.2, -0.15) is 0 Å². The number of piperidine rings is 1. The van der Waals surface area contributed by atoms with E-state index in [9.17, 15) is 9.90 Å². The Hall–Kier alpha value is -3.23. The second-order valence-electron chi connectivity index (χ2n) is 8.28. The summed E-state index contributed by atoms with van der Waals surface area (Å²) in [5, 5.41) is 24.2. The van der Waals surface area contributed by atoms with Gasteiger partial charge in [0.25, 0.3) is 0 Å². The molecule has 3 rings (SSSR count). The summed E-state index contributed by atoms with van der Waals surface area (Å²) in [6.07, 6.45) is 4.11. The van der Waals surface area contributed by atoms with Gasteiger partial charge in [-0.05, 0) is 56.4 Å². The van der Waals surface area contributed by atoms with Gasteiger partial charge in [-0.3, -0.25) is 4.79 Å². The Kier molecular flexibility index (Phi) is 11.8. The third-order valence-corrected chi connectivity index (χ3v) is 5.80. The number of aliphatic hydroxyl groups excluding tert-OH is 1. The van der Waals surface area contributed by atoms with Crippen molar-refractivity contribution >= 4 is 17.8 Å². The maximum absolute atomic E-state index is 13.0. The van der Waals surface area contributed by atoms with Gasteiger partial charge in [0.15, 0.2) is 0 Å². The van der Waals surface area contributed by atoms with Crippen LogP contribution in [0.3, 0.4) is 0 Å². The van der Waals surface area contributed by atoms with Crippen LogP contribution in [0.4, 0.5) is 0 Å². The number of rotatable bonds is 9. The molecule has 3 N–H and O–H groups in total. The first-order chi connectivity index (χ1) is 16.4. The molecule has 184 valence electrons. The number of hydrogen-bond acceptors (Lipinski definition) is 5. The summed E-state index contributed by atoms with van der Waals surface area (Å²) in [6.45, 7) is 4.08. The van der Waals surface area contributed by atoms with Crippen LogP contribution in [0.5, 0.6) is 0 Å². The number of hydrogen-bond donors (Lipinski definition) is 3. The van der Waals surface area contributed by atoms with E-state index in [1.54, 1.807) is 0 Å². The highest BCUT2D eigenvalue weighted by molar-refractivity contribution is 6.27. The highest BCUT2D eigenvalue weighted by Gasteiger charge is 2.28. The van der Waals surface area contributed by atoms with Crippen LogP contribution in [-0.4, -0.2) is 75.8 Å². The van der Waals surface area contributed by atoms with Gasteiger partial charge in [0.1, 0.15) is 0 Å². The average molecular weight is 471 g/mol. The van der Waals surface area contributed by atoms with E-state index in [0.717, 1.165) is 50.9 Å². The number of carbonyl (C=O) groups excluding carboxylic acids is 1. The molecule has 8 nitrogen and oxygen atoms in total. The molecule has 0 bridgehead atoms. The topological polar surface area (TPSA) is 118 Å². The Morgan fingerprint density at radius 2 is 1.38 bits per heavy atom. The highest BCUT2D eigenvalue weighted by Crippen LogP contribution is 2.21. The van der Waals surface area contributed by atoms with Gasteiger partial charge in [-0.15, -0.1) is 0 Å². The molecule has 0 saturated carbocycles. The molecular formula is C26H34N2O6. The lowest BCUT2D eigenvalue weighted by Crippen LogP contribution is -2.43. The number of nitrogens with zero attached hydrogens (tertiary/aromatic N) is 2. The first kappa shape index (κ1) is 27.0. The van der Waals surface area contributed by atoms with Crippen LogP contribution in [0.25, 0.3) is 0 Å². The van der Waals surface area contributed by atoms with E-state index < -0.39 is 11.9 Å². The summed E-state index contributed by atoms with van der Waals surface area (Å²) in [5.41, 5.74) is 2.51. The van der Waals surface area contributed by atoms with Crippen LogP contribution < -0.4 is 0 Å². The zero-order valence-electron chi connectivity index (χ0n) is 19.4. The fourth-order valence-corrected chi connectivity index (χ4v) is 4.00. The number of likely N-dealkylation sites (tertiary alicyclic amines) is 1. The van der Waals surface area contributed by atoms with Crippen LogP contribution >= 0.6 is 0 Å². The number of carboxylic acids is 2. The van der Waals surface area contributed by atoms with Gasteiger partial charge >= 0.3 is 11.9 Å². The van der Waals surface area contributed by atoms with E-state index in [0.29, 0.717) is 13.1 Å². The van der Waals surface area contributed by atoms with E-state index in [-0.39, 0.29) is 18.4 Å². The molecule has 0 radical (unpaired) electrons. The molecule has 1 aliphatic heterocycles. The fourth-order valence-electron chi connectivity index (χ4n) is 4.00. The van der Waals surface area contributed by atoms with Gasteiger partial charge in [0.05, 0.1) is 6.61 Å². The third kappa shape index (κ3) is 9.72. The van der Waals surface area contributed by atoms with Crippen LogP contribution in [0.2, 0.25) is 0 Å². The maximum Gasteiger partial charge on any atom is 0.414 e. The third-order valence-electron chi connectivity index (χ3n) is 5.80. The number of carboxylic acid groups (broad SMARTS) is 2. The second kappa shape index (κ2) is 14.8. The Balaban J connectivity index is 0.000000604. The number of benzene rings is 2. The largest absolute Gasteiger partial charge is 0.473 e. The van der Waals surface area contributed by atoms with E-state index >= 15 is 0 Å². The number of aliphatic hydroxyl groups is 1. The predicted octanol–water partition coefficient (Wildman–Crippen LogP) is 2.51. The summed E-state index contributed by atoms with van der Waals surface area (Å²) in [5.74, 6) is -3.37. The zero-order valence-corrected chi connectivity index (χ0v) is 19.4. The SMILES string of the molecule is O=C(C1CCN(CCCc2ccccc2)CC1)N(CCO)Cc1ccccc1.O=C(O)C(=O)O. The van der Waals surface area contributed by atoms with Crippen molar-refractivity contribution in [3.8, 4) is 0 Å². The minimum absolute atomic E-state index is 0.0108. The summed E-state index contributed by atoms with van der Waals surface area (Å²) >= 11 is 0. The molecule has 0 aliphatic carbocycles. The maximum atomic E-state index is 13.0.